The van der Waals surface area contributed by atoms with E-state index in [-0.39, 0.29) is 16.3 Å². The third-order valence-corrected chi connectivity index (χ3v) is 4.29. The zero-order chi connectivity index (χ0) is 15.0. The number of hydrogen-bond donors (Lipinski definition) is 0. The number of aromatic nitrogens is 4. The molecule has 0 amide bonds. The maximum absolute atomic E-state index is 12.3. The fraction of sp³-hybridized carbons (Fsp3) is 0.462. The summed E-state index contributed by atoms with van der Waals surface area (Å²) >= 11 is 0. The molecule has 6 nitrogen and oxygen atoms in total. The third kappa shape index (κ3) is 3.22. The van der Waals surface area contributed by atoms with Crippen molar-refractivity contribution in [1.82, 2.24) is 20.0 Å². The number of sulfone groups is 1. The number of nitrogens with zero attached hydrogens (tertiary/aromatic N) is 4. The van der Waals surface area contributed by atoms with Crippen LogP contribution < -0.4 is 0 Å². The summed E-state index contributed by atoms with van der Waals surface area (Å²) in [5, 5.41) is 7.96. The molecule has 0 saturated heterocycles. The van der Waals surface area contributed by atoms with Gasteiger partial charge >= 0.3 is 0 Å². The average molecular weight is 294 g/mol. The zero-order valence-electron chi connectivity index (χ0n) is 12.0. The van der Waals surface area contributed by atoms with E-state index in [1.54, 1.807) is 29.9 Å². The van der Waals surface area contributed by atoms with E-state index in [1.165, 1.54) is 6.07 Å². The lowest BCUT2D eigenvalue weighted by molar-refractivity contribution is 0.347. The summed E-state index contributed by atoms with van der Waals surface area (Å²) in [5.41, 5.74) is 0.865. The molecule has 0 aliphatic rings. The predicted octanol–water partition coefficient (Wildman–Crippen LogP) is 1.71. The van der Waals surface area contributed by atoms with Crippen LogP contribution in [0.25, 0.3) is 0 Å². The van der Waals surface area contributed by atoms with Crippen molar-refractivity contribution in [2.45, 2.75) is 44.0 Å². The standard InChI is InChI=1S/C13H18N4O2S/c1-10-6-5-7-12(14-10)20(18,19)9-11-8-17(16-15-11)13(2,3)4/h5-8H,9H2,1-4H3. The minimum absolute atomic E-state index is 0.0720. The molecule has 0 aliphatic heterocycles. The van der Waals surface area contributed by atoms with Crippen molar-refractivity contribution in [2.24, 2.45) is 0 Å². The molecule has 7 heteroatoms. The van der Waals surface area contributed by atoms with E-state index in [9.17, 15) is 8.42 Å². The van der Waals surface area contributed by atoms with Gasteiger partial charge in [0.2, 0.25) is 9.84 Å². The molecule has 0 unspecified atom stereocenters. The van der Waals surface area contributed by atoms with Gasteiger partial charge < -0.3 is 0 Å². The van der Waals surface area contributed by atoms with Crippen molar-refractivity contribution >= 4 is 9.84 Å². The molecular formula is C13H18N4O2S. The SMILES string of the molecule is Cc1cccc(S(=O)(=O)Cc2cn(C(C)(C)C)nn2)n1. The minimum atomic E-state index is -3.49. The predicted molar refractivity (Wildman–Crippen MR) is 74.9 cm³/mol. The number of hydrogen-bond acceptors (Lipinski definition) is 5. The molecule has 20 heavy (non-hydrogen) atoms. The van der Waals surface area contributed by atoms with Gasteiger partial charge in [0.25, 0.3) is 0 Å². The zero-order valence-corrected chi connectivity index (χ0v) is 12.8. The summed E-state index contributed by atoms with van der Waals surface area (Å²) in [6, 6.07) is 4.94. The lowest BCUT2D eigenvalue weighted by atomic mass is 10.1. The summed E-state index contributed by atoms with van der Waals surface area (Å²) < 4.78 is 26.2. The first-order chi connectivity index (χ1) is 9.18. The summed E-state index contributed by atoms with van der Waals surface area (Å²) in [4.78, 5) is 4.05. The molecular weight excluding hydrogens is 276 g/mol. The van der Waals surface area contributed by atoms with Crippen LogP contribution in [0.15, 0.2) is 29.4 Å². The van der Waals surface area contributed by atoms with Crippen molar-refractivity contribution in [3.8, 4) is 0 Å². The van der Waals surface area contributed by atoms with Crippen molar-refractivity contribution in [3.05, 3.63) is 35.8 Å². The summed E-state index contributed by atoms with van der Waals surface area (Å²) in [6.07, 6.45) is 1.66. The van der Waals surface area contributed by atoms with Gasteiger partial charge in [0.1, 0.15) is 5.75 Å². The maximum atomic E-state index is 12.3. The van der Waals surface area contributed by atoms with Crippen LogP contribution in [0.1, 0.15) is 32.2 Å². The van der Waals surface area contributed by atoms with Crippen LogP contribution in [-0.2, 0) is 21.1 Å². The second-order valence-corrected chi connectivity index (χ2v) is 7.64. The molecule has 108 valence electrons. The highest BCUT2D eigenvalue weighted by molar-refractivity contribution is 7.90. The van der Waals surface area contributed by atoms with Crippen LogP contribution in [0.2, 0.25) is 0 Å². The Bertz CT molecular complexity index is 714. The van der Waals surface area contributed by atoms with Crippen molar-refractivity contribution in [2.75, 3.05) is 0 Å². The van der Waals surface area contributed by atoms with Crippen LogP contribution in [0, 0.1) is 6.92 Å². The summed E-state index contributed by atoms with van der Waals surface area (Å²) in [5.74, 6) is -0.195. The molecule has 2 heterocycles. The van der Waals surface area contributed by atoms with Gasteiger partial charge in [0.15, 0.2) is 5.03 Å². The van der Waals surface area contributed by atoms with Crippen molar-refractivity contribution in [1.29, 1.82) is 0 Å². The van der Waals surface area contributed by atoms with Gasteiger partial charge in [-0.25, -0.2) is 18.1 Å². The lowest BCUT2D eigenvalue weighted by Gasteiger charge is -2.17. The molecule has 0 aliphatic carbocycles. The Kier molecular flexibility index (Phi) is 3.64. The molecule has 0 N–H and O–H groups in total. The van der Waals surface area contributed by atoms with Crippen molar-refractivity contribution in [3.63, 3.8) is 0 Å². The highest BCUT2D eigenvalue weighted by Gasteiger charge is 2.21. The summed E-state index contributed by atoms with van der Waals surface area (Å²) in [7, 11) is -3.49. The molecule has 2 aromatic rings. The first-order valence-electron chi connectivity index (χ1n) is 6.27. The second kappa shape index (κ2) is 4.97. The van der Waals surface area contributed by atoms with E-state index in [4.69, 9.17) is 0 Å². The molecule has 0 aromatic carbocycles. The highest BCUT2D eigenvalue weighted by atomic mass is 32.2. The Labute approximate surface area is 118 Å². The third-order valence-electron chi connectivity index (χ3n) is 2.75. The topological polar surface area (TPSA) is 77.7 Å². The molecule has 0 atom stereocenters. The Balaban J connectivity index is 2.27. The van der Waals surface area contributed by atoms with Crippen LogP contribution in [0.3, 0.4) is 0 Å². The Hall–Kier alpha value is -1.76. The summed E-state index contributed by atoms with van der Waals surface area (Å²) in [6.45, 7) is 7.68. The van der Waals surface area contributed by atoms with Gasteiger partial charge in [-0.1, -0.05) is 11.3 Å². The van der Waals surface area contributed by atoms with E-state index in [0.717, 1.165) is 0 Å². The fourth-order valence-electron chi connectivity index (χ4n) is 1.65. The Morgan fingerprint density at radius 1 is 1.25 bits per heavy atom. The highest BCUT2D eigenvalue weighted by Crippen LogP contribution is 2.16. The van der Waals surface area contributed by atoms with E-state index in [2.05, 4.69) is 15.3 Å². The maximum Gasteiger partial charge on any atom is 0.201 e. The Morgan fingerprint density at radius 2 is 1.95 bits per heavy atom. The van der Waals surface area contributed by atoms with Crippen LogP contribution in [0.5, 0.6) is 0 Å². The van der Waals surface area contributed by atoms with Crippen LogP contribution in [0.4, 0.5) is 0 Å². The average Bonchev–Trinajstić information content (AvgIpc) is 2.76. The smallest absolute Gasteiger partial charge is 0.201 e. The fourth-order valence-corrected chi connectivity index (χ4v) is 2.89. The molecule has 0 bridgehead atoms. The normalized spacial score (nSPS) is 12.6. The first-order valence-corrected chi connectivity index (χ1v) is 7.92. The largest absolute Gasteiger partial charge is 0.247 e. The molecule has 2 aromatic heterocycles. The quantitative estimate of drug-likeness (QED) is 0.861. The van der Waals surface area contributed by atoms with E-state index >= 15 is 0 Å². The van der Waals surface area contributed by atoms with Crippen LogP contribution >= 0.6 is 0 Å². The molecule has 0 fully saturated rings. The van der Waals surface area contributed by atoms with E-state index < -0.39 is 9.84 Å². The van der Waals surface area contributed by atoms with Crippen LogP contribution in [-0.4, -0.2) is 28.4 Å². The Morgan fingerprint density at radius 3 is 2.50 bits per heavy atom. The van der Waals surface area contributed by atoms with Gasteiger partial charge in [-0.3, -0.25) is 0 Å². The van der Waals surface area contributed by atoms with Crippen molar-refractivity contribution < 1.29 is 8.42 Å². The van der Waals surface area contributed by atoms with Gasteiger partial charge in [-0.2, -0.15) is 0 Å². The van der Waals surface area contributed by atoms with Gasteiger partial charge in [-0.15, -0.1) is 5.10 Å². The molecule has 0 spiro atoms. The van der Waals surface area contributed by atoms with E-state index in [1.807, 2.05) is 20.8 Å². The molecule has 0 saturated carbocycles. The number of aryl methyl sites for hydroxylation is 1. The van der Waals surface area contributed by atoms with Gasteiger partial charge in [0, 0.05) is 5.69 Å². The minimum Gasteiger partial charge on any atom is -0.247 e. The monoisotopic (exact) mass is 294 g/mol. The first kappa shape index (κ1) is 14.6. The lowest BCUT2D eigenvalue weighted by Crippen LogP contribution is -2.22. The molecule has 0 radical (unpaired) electrons. The van der Waals surface area contributed by atoms with Gasteiger partial charge in [-0.05, 0) is 39.8 Å². The molecule has 2 rings (SSSR count). The van der Waals surface area contributed by atoms with E-state index in [0.29, 0.717) is 11.4 Å². The van der Waals surface area contributed by atoms with Gasteiger partial charge in [0.05, 0.1) is 17.4 Å². The number of rotatable bonds is 3. The second-order valence-electron chi connectivity index (χ2n) is 5.70. The number of pyridine rings is 1.